The van der Waals surface area contributed by atoms with Gasteiger partial charge in [-0.15, -0.1) is 0 Å². The standard InChI is InChI=1S/C19H26FN5O/c1-19(2,14-4-6-15(20)7-5-14)13-24-8-10-25(11-9-24)18(26)17-16(21)12-23(3)22-17/h4-7,12H,8-11,13,21H2,1-3H3. The van der Waals surface area contributed by atoms with Crippen LogP contribution < -0.4 is 5.73 Å². The minimum atomic E-state index is -0.217. The zero-order chi connectivity index (χ0) is 18.9. The number of nitrogens with two attached hydrogens (primary N) is 1. The van der Waals surface area contributed by atoms with Gasteiger partial charge in [-0.25, -0.2) is 4.39 Å². The molecule has 6 nitrogen and oxygen atoms in total. The molecule has 1 aliphatic heterocycles. The molecule has 0 saturated carbocycles. The minimum Gasteiger partial charge on any atom is -0.396 e. The van der Waals surface area contributed by atoms with Crippen LogP contribution in [0.5, 0.6) is 0 Å². The molecular weight excluding hydrogens is 333 g/mol. The van der Waals surface area contributed by atoms with Gasteiger partial charge < -0.3 is 10.6 Å². The molecule has 1 aromatic heterocycles. The number of carbonyl (C=O) groups excluding carboxylic acids is 1. The molecule has 7 heteroatoms. The van der Waals surface area contributed by atoms with Crippen LogP contribution >= 0.6 is 0 Å². The molecule has 26 heavy (non-hydrogen) atoms. The van der Waals surface area contributed by atoms with Crippen molar-refractivity contribution in [3.8, 4) is 0 Å². The number of hydrogen-bond acceptors (Lipinski definition) is 4. The van der Waals surface area contributed by atoms with E-state index in [1.54, 1.807) is 22.8 Å². The zero-order valence-electron chi connectivity index (χ0n) is 15.6. The Hall–Kier alpha value is -2.41. The summed E-state index contributed by atoms with van der Waals surface area (Å²) in [6, 6.07) is 6.70. The van der Waals surface area contributed by atoms with Gasteiger partial charge in [0.2, 0.25) is 0 Å². The van der Waals surface area contributed by atoms with Gasteiger partial charge in [-0.1, -0.05) is 26.0 Å². The van der Waals surface area contributed by atoms with Gasteiger partial charge in [0.15, 0.2) is 5.69 Å². The molecule has 1 aliphatic rings. The van der Waals surface area contributed by atoms with E-state index in [2.05, 4.69) is 23.8 Å². The van der Waals surface area contributed by atoms with E-state index in [0.717, 1.165) is 25.2 Å². The van der Waals surface area contributed by atoms with Gasteiger partial charge in [0.25, 0.3) is 5.91 Å². The van der Waals surface area contributed by atoms with Crippen LogP contribution in [0.25, 0.3) is 0 Å². The minimum absolute atomic E-state index is 0.0920. The number of rotatable bonds is 4. The van der Waals surface area contributed by atoms with E-state index in [9.17, 15) is 9.18 Å². The third-order valence-electron chi connectivity index (χ3n) is 4.96. The molecule has 3 rings (SSSR count). The number of halogens is 1. The number of aromatic nitrogens is 2. The topological polar surface area (TPSA) is 67.4 Å². The average Bonchev–Trinajstić information content (AvgIpc) is 2.93. The zero-order valence-corrected chi connectivity index (χ0v) is 15.6. The van der Waals surface area contributed by atoms with Crippen molar-refractivity contribution in [2.75, 3.05) is 38.5 Å². The summed E-state index contributed by atoms with van der Waals surface area (Å²) in [6.45, 7) is 8.06. The number of aryl methyl sites for hydroxylation is 1. The second-order valence-electron chi connectivity index (χ2n) is 7.57. The van der Waals surface area contributed by atoms with Crippen LogP contribution in [0.15, 0.2) is 30.5 Å². The summed E-state index contributed by atoms with van der Waals surface area (Å²) in [6.07, 6.45) is 1.65. The SMILES string of the molecule is Cn1cc(N)c(C(=O)N2CCN(CC(C)(C)c3ccc(F)cc3)CC2)n1. The number of nitrogens with zero attached hydrogens (tertiary/aromatic N) is 4. The Balaban J connectivity index is 1.59. The molecule has 2 N–H and O–H groups in total. The Bertz CT molecular complexity index is 776. The van der Waals surface area contributed by atoms with E-state index in [0.29, 0.717) is 24.5 Å². The van der Waals surface area contributed by atoms with Crippen LogP contribution in [0.1, 0.15) is 29.9 Å². The first-order valence-electron chi connectivity index (χ1n) is 8.83. The van der Waals surface area contributed by atoms with Crippen molar-refractivity contribution in [3.05, 3.63) is 47.5 Å². The molecule has 0 unspecified atom stereocenters. The third kappa shape index (κ3) is 3.88. The molecule has 0 bridgehead atoms. The van der Waals surface area contributed by atoms with E-state index in [1.165, 1.54) is 12.1 Å². The molecule has 140 valence electrons. The van der Waals surface area contributed by atoms with Crippen molar-refractivity contribution in [2.24, 2.45) is 7.05 Å². The lowest BCUT2D eigenvalue weighted by Crippen LogP contribution is -2.51. The Kier molecular flexibility index (Phi) is 5.00. The lowest BCUT2D eigenvalue weighted by atomic mass is 9.84. The first-order chi connectivity index (χ1) is 12.3. The third-order valence-corrected chi connectivity index (χ3v) is 4.96. The van der Waals surface area contributed by atoms with Crippen LogP contribution in [0, 0.1) is 5.82 Å². The molecule has 1 aromatic carbocycles. The van der Waals surface area contributed by atoms with E-state index in [4.69, 9.17) is 5.73 Å². The van der Waals surface area contributed by atoms with Gasteiger partial charge in [-0.3, -0.25) is 14.4 Å². The second-order valence-corrected chi connectivity index (χ2v) is 7.57. The smallest absolute Gasteiger partial charge is 0.276 e. The maximum absolute atomic E-state index is 13.2. The van der Waals surface area contributed by atoms with Crippen molar-refractivity contribution in [2.45, 2.75) is 19.3 Å². The molecule has 0 radical (unpaired) electrons. The molecule has 2 heterocycles. The highest BCUT2D eigenvalue weighted by Gasteiger charge is 2.29. The van der Waals surface area contributed by atoms with Crippen molar-refractivity contribution < 1.29 is 9.18 Å². The molecule has 1 saturated heterocycles. The molecular formula is C19H26FN5O. The number of hydrogen-bond donors (Lipinski definition) is 1. The van der Waals surface area contributed by atoms with Crippen molar-refractivity contribution in [1.29, 1.82) is 0 Å². The second kappa shape index (κ2) is 7.07. The van der Waals surface area contributed by atoms with E-state index < -0.39 is 0 Å². The lowest BCUT2D eigenvalue weighted by molar-refractivity contribution is 0.0608. The van der Waals surface area contributed by atoms with Gasteiger partial charge in [-0.2, -0.15) is 5.10 Å². The van der Waals surface area contributed by atoms with Crippen molar-refractivity contribution in [1.82, 2.24) is 19.6 Å². The predicted octanol–water partition coefficient (Wildman–Crippen LogP) is 1.88. The van der Waals surface area contributed by atoms with E-state index in [-0.39, 0.29) is 17.1 Å². The first-order valence-corrected chi connectivity index (χ1v) is 8.83. The summed E-state index contributed by atoms with van der Waals surface area (Å²) in [5, 5.41) is 4.17. The summed E-state index contributed by atoms with van der Waals surface area (Å²) in [5.74, 6) is -0.328. The normalized spacial score (nSPS) is 16.1. The largest absolute Gasteiger partial charge is 0.396 e. The number of piperazine rings is 1. The van der Waals surface area contributed by atoms with Crippen LogP contribution in [-0.4, -0.2) is 58.2 Å². The number of benzene rings is 1. The van der Waals surface area contributed by atoms with Crippen LogP contribution in [0.4, 0.5) is 10.1 Å². The molecule has 0 atom stereocenters. The highest BCUT2D eigenvalue weighted by Crippen LogP contribution is 2.25. The maximum Gasteiger partial charge on any atom is 0.276 e. The summed E-state index contributed by atoms with van der Waals surface area (Å²) >= 11 is 0. The molecule has 0 aliphatic carbocycles. The Morgan fingerprint density at radius 1 is 1.19 bits per heavy atom. The highest BCUT2D eigenvalue weighted by molar-refractivity contribution is 5.97. The number of anilines is 1. The van der Waals surface area contributed by atoms with Crippen LogP contribution in [0.3, 0.4) is 0 Å². The fourth-order valence-corrected chi connectivity index (χ4v) is 3.48. The van der Waals surface area contributed by atoms with Gasteiger partial charge in [0.05, 0.1) is 5.69 Å². The maximum atomic E-state index is 13.2. The number of carbonyl (C=O) groups is 1. The number of nitrogen functional groups attached to an aromatic ring is 1. The van der Waals surface area contributed by atoms with Crippen molar-refractivity contribution in [3.63, 3.8) is 0 Å². The van der Waals surface area contributed by atoms with E-state index in [1.807, 2.05) is 12.1 Å². The van der Waals surface area contributed by atoms with Gasteiger partial charge in [-0.05, 0) is 17.7 Å². The average molecular weight is 359 g/mol. The molecule has 1 amide bonds. The summed E-state index contributed by atoms with van der Waals surface area (Å²) < 4.78 is 14.7. The Morgan fingerprint density at radius 2 is 1.81 bits per heavy atom. The first kappa shape index (κ1) is 18.4. The highest BCUT2D eigenvalue weighted by atomic mass is 19.1. The van der Waals surface area contributed by atoms with Gasteiger partial charge in [0, 0.05) is 51.4 Å². The monoisotopic (exact) mass is 359 g/mol. The summed E-state index contributed by atoms with van der Waals surface area (Å²) in [4.78, 5) is 16.7. The summed E-state index contributed by atoms with van der Waals surface area (Å²) in [7, 11) is 1.75. The number of amides is 1. The lowest BCUT2D eigenvalue weighted by Gasteiger charge is -2.39. The van der Waals surface area contributed by atoms with Crippen molar-refractivity contribution >= 4 is 11.6 Å². The van der Waals surface area contributed by atoms with Crippen LogP contribution in [0.2, 0.25) is 0 Å². The molecule has 2 aromatic rings. The quantitative estimate of drug-likeness (QED) is 0.905. The van der Waals surface area contributed by atoms with Gasteiger partial charge in [0.1, 0.15) is 5.82 Å². The molecule has 1 fully saturated rings. The molecule has 0 spiro atoms. The fourth-order valence-electron chi connectivity index (χ4n) is 3.48. The van der Waals surface area contributed by atoms with Crippen LogP contribution in [-0.2, 0) is 12.5 Å². The Morgan fingerprint density at radius 3 is 2.35 bits per heavy atom. The predicted molar refractivity (Wildman–Crippen MR) is 99.4 cm³/mol. The fraction of sp³-hybridized carbons (Fsp3) is 0.474. The Labute approximate surface area is 153 Å². The van der Waals surface area contributed by atoms with E-state index >= 15 is 0 Å². The van der Waals surface area contributed by atoms with Gasteiger partial charge >= 0.3 is 0 Å². The summed E-state index contributed by atoms with van der Waals surface area (Å²) in [5.41, 5.74) is 7.63.